The van der Waals surface area contributed by atoms with Gasteiger partial charge in [-0.05, 0) is 37.3 Å². The lowest BCUT2D eigenvalue weighted by atomic mass is 10.1. The molecule has 134 valence electrons. The predicted molar refractivity (Wildman–Crippen MR) is 82.2 cm³/mol. The van der Waals surface area contributed by atoms with E-state index in [4.69, 9.17) is 0 Å². The number of carbonyl (C=O) groups is 1. The van der Waals surface area contributed by atoms with Gasteiger partial charge in [-0.25, -0.2) is 8.78 Å². The molecule has 1 atom stereocenters. The average Bonchev–Trinajstić information content (AvgIpc) is 2.51. The first-order valence-electron chi connectivity index (χ1n) is 6.85. The minimum absolute atomic E-state index is 0.235. The first-order valence-corrected chi connectivity index (χ1v) is 7.66. The van der Waals surface area contributed by atoms with Crippen LogP contribution in [0.2, 0.25) is 0 Å². The Morgan fingerprint density at radius 2 is 1.72 bits per heavy atom. The van der Waals surface area contributed by atoms with Gasteiger partial charge in [0.15, 0.2) is 0 Å². The Balaban J connectivity index is 2.17. The molecule has 0 saturated heterocycles. The summed E-state index contributed by atoms with van der Waals surface area (Å²) in [6, 6.07) is 9.07. The molecule has 0 saturated carbocycles. The minimum Gasteiger partial charge on any atom is -0.373 e. The number of alkyl halides is 3. The summed E-state index contributed by atoms with van der Waals surface area (Å²) in [6.45, 7) is 0.267. The number of hydrogen-bond donors (Lipinski definition) is 2. The van der Waals surface area contributed by atoms with Crippen molar-refractivity contribution in [1.29, 1.82) is 0 Å². The van der Waals surface area contributed by atoms with Gasteiger partial charge >= 0.3 is 6.18 Å². The maximum absolute atomic E-state index is 14.0. The van der Waals surface area contributed by atoms with Crippen LogP contribution in [0, 0.1) is 11.6 Å². The summed E-state index contributed by atoms with van der Waals surface area (Å²) in [5, 5.41) is 10.9. The van der Waals surface area contributed by atoms with Crippen LogP contribution in [-0.2, 0) is 4.79 Å². The highest BCUT2D eigenvalue weighted by Gasteiger charge is 2.55. The van der Waals surface area contributed by atoms with E-state index in [0.29, 0.717) is 0 Å². The molecule has 2 aromatic carbocycles. The summed E-state index contributed by atoms with van der Waals surface area (Å²) < 4.78 is 65.3. The van der Waals surface area contributed by atoms with Gasteiger partial charge < -0.3 is 10.4 Å². The molecule has 0 spiro atoms. The summed E-state index contributed by atoms with van der Waals surface area (Å²) in [7, 11) is 0. The standard InChI is InChI=1S/C16H12F5NO2S/c1-15(24,16(19,20)21)14(23)22-12-7-6-9(8-11(12)18)25-13-5-3-2-4-10(13)17/h2-8,24H,1H3,(H,22,23). The van der Waals surface area contributed by atoms with E-state index in [1.54, 1.807) is 11.4 Å². The lowest BCUT2D eigenvalue weighted by molar-refractivity contribution is -0.242. The molecule has 9 heteroatoms. The fourth-order valence-corrected chi connectivity index (χ4v) is 2.55. The highest BCUT2D eigenvalue weighted by Crippen LogP contribution is 2.33. The normalized spacial score (nSPS) is 14.0. The lowest BCUT2D eigenvalue weighted by Crippen LogP contribution is -2.52. The summed E-state index contributed by atoms with van der Waals surface area (Å²) >= 11 is 0.909. The molecule has 2 N–H and O–H groups in total. The van der Waals surface area contributed by atoms with Crippen LogP contribution in [-0.4, -0.2) is 22.8 Å². The molecule has 1 unspecified atom stereocenters. The monoisotopic (exact) mass is 377 g/mol. The van der Waals surface area contributed by atoms with E-state index in [2.05, 4.69) is 0 Å². The van der Waals surface area contributed by atoms with Gasteiger partial charge in [0.05, 0.1) is 5.69 Å². The van der Waals surface area contributed by atoms with Crippen LogP contribution < -0.4 is 5.32 Å². The van der Waals surface area contributed by atoms with Crippen molar-refractivity contribution in [3.63, 3.8) is 0 Å². The first-order chi connectivity index (χ1) is 11.5. The molecule has 0 fully saturated rings. The average molecular weight is 377 g/mol. The van der Waals surface area contributed by atoms with Crippen molar-refractivity contribution >= 4 is 23.4 Å². The van der Waals surface area contributed by atoms with Crippen LogP contribution in [0.5, 0.6) is 0 Å². The number of amides is 1. The van der Waals surface area contributed by atoms with Crippen molar-refractivity contribution in [3.05, 3.63) is 54.1 Å². The number of benzene rings is 2. The maximum Gasteiger partial charge on any atom is 0.426 e. The molecule has 0 aliphatic heterocycles. The van der Waals surface area contributed by atoms with E-state index in [-0.39, 0.29) is 16.7 Å². The molecule has 0 heterocycles. The second-order valence-corrected chi connectivity index (χ2v) is 6.31. The molecule has 1 amide bonds. The van der Waals surface area contributed by atoms with E-state index >= 15 is 0 Å². The fourth-order valence-electron chi connectivity index (χ4n) is 1.69. The highest BCUT2D eigenvalue weighted by molar-refractivity contribution is 7.99. The van der Waals surface area contributed by atoms with Gasteiger partial charge in [0.1, 0.15) is 11.6 Å². The van der Waals surface area contributed by atoms with Gasteiger partial charge in [-0.15, -0.1) is 0 Å². The largest absolute Gasteiger partial charge is 0.426 e. The van der Waals surface area contributed by atoms with Crippen LogP contribution in [0.15, 0.2) is 52.3 Å². The summed E-state index contributed by atoms with van der Waals surface area (Å²) in [4.78, 5) is 12.1. The third kappa shape index (κ3) is 4.29. The Hall–Kier alpha value is -2.13. The van der Waals surface area contributed by atoms with Crippen LogP contribution in [0.25, 0.3) is 0 Å². The first kappa shape index (κ1) is 19.2. The molecule has 0 aromatic heterocycles. The Kier molecular flexibility index (Phi) is 5.38. The Labute approximate surface area is 143 Å². The summed E-state index contributed by atoms with van der Waals surface area (Å²) in [6.07, 6.45) is -5.21. The van der Waals surface area contributed by atoms with Crippen LogP contribution in [0.4, 0.5) is 27.6 Å². The molecule has 25 heavy (non-hydrogen) atoms. The van der Waals surface area contributed by atoms with Gasteiger partial charge in [0.25, 0.3) is 5.91 Å². The van der Waals surface area contributed by atoms with E-state index in [0.717, 1.165) is 23.9 Å². The van der Waals surface area contributed by atoms with E-state index < -0.39 is 35.0 Å². The molecular weight excluding hydrogens is 365 g/mol. The van der Waals surface area contributed by atoms with Crippen molar-refractivity contribution < 1.29 is 31.9 Å². The predicted octanol–water partition coefficient (Wildman–Crippen LogP) is 4.37. The summed E-state index contributed by atoms with van der Waals surface area (Å²) in [5.41, 5.74) is -4.20. The number of hydrogen-bond acceptors (Lipinski definition) is 3. The Morgan fingerprint density at radius 3 is 2.28 bits per heavy atom. The molecular formula is C16H12F5NO2S. The van der Waals surface area contributed by atoms with Crippen molar-refractivity contribution in [3.8, 4) is 0 Å². The van der Waals surface area contributed by atoms with Gasteiger partial charge in [-0.2, -0.15) is 13.2 Å². The van der Waals surface area contributed by atoms with Crippen molar-refractivity contribution in [2.75, 3.05) is 5.32 Å². The van der Waals surface area contributed by atoms with E-state index in [9.17, 15) is 31.9 Å². The van der Waals surface area contributed by atoms with Gasteiger partial charge in [-0.3, -0.25) is 4.79 Å². The smallest absolute Gasteiger partial charge is 0.373 e. The number of anilines is 1. The molecule has 0 aliphatic carbocycles. The van der Waals surface area contributed by atoms with E-state index in [1.165, 1.54) is 24.3 Å². The zero-order valence-electron chi connectivity index (χ0n) is 12.7. The summed E-state index contributed by atoms with van der Waals surface area (Å²) in [5.74, 6) is -3.34. The molecule has 2 aromatic rings. The molecule has 2 rings (SSSR count). The van der Waals surface area contributed by atoms with Crippen LogP contribution in [0.3, 0.4) is 0 Å². The second-order valence-electron chi connectivity index (χ2n) is 5.20. The Bertz CT molecular complexity index is 792. The van der Waals surface area contributed by atoms with Gasteiger partial charge in [-0.1, -0.05) is 23.9 Å². The SMILES string of the molecule is CC(O)(C(=O)Nc1ccc(Sc2ccccc2F)cc1F)C(F)(F)F. The molecule has 0 radical (unpaired) electrons. The maximum atomic E-state index is 14.0. The fraction of sp³-hybridized carbons (Fsp3) is 0.188. The van der Waals surface area contributed by atoms with Crippen molar-refractivity contribution in [2.24, 2.45) is 0 Å². The zero-order valence-corrected chi connectivity index (χ0v) is 13.5. The number of halogens is 5. The zero-order chi connectivity index (χ0) is 18.8. The van der Waals surface area contributed by atoms with Crippen molar-refractivity contribution in [1.82, 2.24) is 0 Å². The lowest BCUT2D eigenvalue weighted by Gasteiger charge is -2.25. The second kappa shape index (κ2) is 7.01. The molecule has 3 nitrogen and oxygen atoms in total. The topological polar surface area (TPSA) is 49.3 Å². The van der Waals surface area contributed by atoms with Crippen LogP contribution >= 0.6 is 11.8 Å². The minimum atomic E-state index is -5.21. The van der Waals surface area contributed by atoms with Crippen LogP contribution in [0.1, 0.15) is 6.92 Å². The van der Waals surface area contributed by atoms with Crippen molar-refractivity contribution in [2.45, 2.75) is 28.5 Å². The highest BCUT2D eigenvalue weighted by atomic mass is 32.2. The third-order valence-electron chi connectivity index (χ3n) is 3.25. The van der Waals surface area contributed by atoms with Gasteiger partial charge in [0, 0.05) is 9.79 Å². The number of rotatable bonds is 4. The number of carbonyl (C=O) groups excluding carboxylic acids is 1. The van der Waals surface area contributed by atoms with Gasteiger partial charge in [0.2, 0.25) is 5.60 Å². The third-order valence-corrected chi connectivity index (χ3v) is 4.29. The Morgan fingerprint density at radius 1 is 1.08 bits per heavy atom. The molecule has 0 bridgehead atoms. The number of nitrogens with one attached hydrogen (secondary N) is 1. The quantitative estimate of drug-likeness (QED) is 0.778. The van der Waals surface area contributed by atoms with E-state index in [1.807, 2.05) is 0 Å². The molecule has 0 aliphatic rings. The number of aliphatic hydroxyl groups is 1.